The van der Waals surface area contributed by atoms with Gasteiger partial charge in [-0.05, 0) is 32.4 Å². The maximum atomic E-state index is 10.4. The molecule has 2 aromatic rings. The molecule has 2 heterocycles. The second-order valence-corrected chi connectivity index (χ2v) is 6.70. The van der Waals surface area contributed by atoms with Crippen LogP contribution in [-0.2, 0) is 0 Å². The third kappa shape index (κ3) is 2.80. The predicted molar refractivity (Wildman–Crippen MR) is 86.0 cm³/mol. The first kappa shape index (κ1) is 14.8. The molecule has 0 bridgehead atoms. The maximum absolute atomic E-state index is 10.4. The minimum atomic E-state index is -0.719. The van der Waals surface area contributed by atoms with Crippen LogP contribution < -0.4 is 5.32 Å². The van der Waals surface area contributed by atoms with Crippen LogP contribution >= 0.6 is 23.4 Å². The van der Waals surface area contributed by atoms with E-state index in [9.17, 15) is 5.11 Å². The van der Waals surface area contributed by atoms with E-state index in [0.717, 1.165) is 24.6 Å². The lowest BCUT2D eigenvalue weighted by Crippen LogP contribution is -2.39. The van der Waals surface area contributed by atoms with Crippen LogP contribution in [0.1, 0.15) is 26.2 Å². The van der Waals surface area contributed by atoms with E-state index >= 15 is 0 Å². The van der Waals surface area contributed by atoms with E-state index in [1.165, 1.54) is 11.8 Å². The Morgan fingerprint density at radius 2 is 2.24 bits per heavy atom. The molecular weight excluding hydrogens is 308 g/mol. The average Bonchev–Trinajstić information content (AvgIpc) is 2.80. The molecular formula is C14H17ClN4OS. The molecule has 0 aliphatic heterocycles. The number of nitrogens with one attached hydrogen (secondary N) is 1. The molecule has 2 N–H and O–H groups in total. The third-order valence-electron chi connectivity index (χ3n) is 3.98. The Hall–Kier alpha value is -1.11. The fourth-order valence-corrected chi connectivity index (χ4v) is 3.25. The van der Waals surface area contributed by atoms with Crippen LogP contribution in [0.3, 0.4) is 0 Å². The molecule has 0 amide bonds. The van der Waals surface area contributed by atoms with E-state index < -0.39 is 5.60 Å². The predicted octanol–water partition coefficient (Wildman–Crippen LogP) is 3.12. The summed E-state index contributed by atoms with van der Waals surface area (Å²) >= 11 is 7.64. The molecule has 1 aliphatic rings. The Morgan fingerprint density at radius 1 is 1.43 bits per heavy atom. The number of thioether (sulfide) groups is 1. The van der Waals surface area contributed by atoms with Crippen LogP contribution in [-0.4, -0.2) is 38.0 Å². The van der Waals surface area contributed by atoms with Gasteiger partial charge in [0.1, 0.15) is 5.52 Å². The Kier molecular flexibility index (Phi) is 3.94. The largest absolute Gasteiger partial charge is 0.388 e. The second-order valence-electron chi connectivity index (χ2n) is 5.52. The zero-order chi connectivity index (χ0) is 15.0. The summed E-state index contributed by atoms with van der Waals surface area (Å²) in [6, 6.07) is -0.0259. The summed E-state index contributed by atoms with van der Waals surface area (Å²) < 4.78 is 0. The van der Waals surface area contributed by atoms with Crippen LogP contribution in [0.25, 0.3) is 10.9 Å². The quantitative estimate of drug-likeness (QED) is 0.667. The molecule has 0 unspecified atom stereocenters. The number of nitrogens with zero attached hydrogens (tertiary/aromatic N) is 3. The van der Waals surface area contributed by atoms with Crippen molar-refractivity contribution in [1.29, 1.82) is 0 Å². The lowest BCUT2D eigenvalue weighted by Gasteiger charge is -2.27. The van der Waals surface area contributed by atoms with Crippen molar-refractivity contribution in [2.75, 3.05) is 11.6 Å². The van der Waals surface area contributed by atoms with Crippen molar-refractivity contribution in [2.45, 2.75) is 43.0 Å². The zero-order valence-electron chi connectivity index (χ0n) is 11.9. The number of fused-ring (bicyclic) bond motifs is 1. The molecule has 0 saturated heterocycles. The highest BCUT2D eigenvalue weighted by Crippen LogP contribution is 2.34. The molecule has 0 radical (unpaired) electrons. The molecule has 0 aromatic carbocycles. The van der Waals surface area contributed by atoms with E-state index in [4.69, 9.17) is 11.6 Å². The monoisotopic (exact) mass is 324 g/mol. The first-order valence-electron chi connectivity index (χ1n) is 6.85. The van der Waals surface area contributed by atoms with Crippen LogP contribution in [0.5, 0.6) is 0 Å². The van der Waals surface area contributed by atoms with Gasteiger partial charge in [-0.1, -0.05) is 23.4 Å². The summed E-state index contributed by atoms with van der Waals surface area (Å²) in [4.78, 5) is 13.1. The molecule has 21 heavy (non-hydrogen) atoms. The lowest BCUT2D eigenvalue weighted by atomic mass is 10.0. The van der Waals surface area contributed by atoms with Crippen LogP contribution in [0.15, 0.2) is 17.6 Å². The molecule has 0 spiro atoms. The van der Waals surface area contributed by atoms with Gasteiger partial charge in [-0.25, -0.2) is 15.0 Å². The van der Waals surface area contributed by atoms with Crippen LogP contribution in [0.2, 0.25) is 5.02 Å². The fourth-order valence-electron chi connectivity index (χ4n) is 2.72. The minimum Gasteiger partial charge on any atom is -0.388 e. The maximum Gasteiger partial charge on any atom is 0.187 e. The molecule has 3 rings (SSSR count). The number of pyridine rings is 1. The molecule has 1 aliphatic carbocycles. The van der Waals surface area contributed by atoms with Gasteiger partial charge in [-0.15, -0.1) is 0 Å². The topological polar surface area (TPSA) is 70.9 Å². The van der Waals surface area contributed by atoms with Gasteiger partial charge >= 0.3 is 0 Å². The van der Waals surface area contributed by atoms with E-state index in [1.807, 2.05) is 13.2 Å². The Morgan fingerprint density at radius 3 is 2.90 bits per heavy atom. The molecule has 112 valence electrons. The van der Waals surface area contributed by atoms with Gasteiger partial charge in [0.15, 0.2) is 11.0 Å². The average molecular weight is 325 g/mol. The molecule has 7 heteroatoms. The zero-order valence-corrected chi connectivity index (χ0v) is 13.5. The highest BCUT2D eigenvalue weighted by atomic mass is 35.5. The minimum absolute atomic E-state index is 0.0259. The molecule has 1 fully saturated rings. The summed E-state index contributed by atoms with van der Waals surface area (Å²) in [6.45, 7) is 1.86. The second kappa shape index (κ2) is 5.59. The van der Waals surface area contributed by atoms with Crippen molar-refractivity contribution in [1.82, 2.24) is 15.0 Å². The highest BCUT2D eigenvalue weighted by Gasteiger charge is 2.37. The van der Waals surface area contributed by atoms with Crippen LogP contribution in [0, 0.1) is 0 Å². The lowest BCUT2D eigenvalue weighted by molar-refractivity contribution is 0.0578. The number of anilines is 1. The summed E-state index contributed by atoms with van der Waals surface area (Å²) in [5.74, 6) is 0.652. The number of halogens is 1. The van der Waals surface area contributed by atoms with Crippen molar-refractivity contribution < 1.29 is 5.11 Å². The number of hydrogen-bond acceptors (Lipinski definition) is 6. The summed E-state index contributed by atoms with van der Waals surface area (Å²) in [6.07, 6.45) is 7.95. The Labute approximate surface area is 132 Å². The highest BCUT2D eigenvalue weighted by molar-refractivity contribution is 7.98. The van der Waals surface area contributed by atoms with Crippen molar-refractivity contribution in [3.63, 3.8) is 0 Å². The van der Waals surface area contributed by atoms with E-state index in [0.29, 0.717) is 21.5 Å². The van der Waals surface area contributed by atoms with Crippen molar-refractivity contribution >= 4 is 40.1 Å². The number of aromatic nitrogens is 3. The standard InChI is InChI=1S/C14H17ClN4OS/c1-14(20)5-3-4-10(14)18-12-11-8(9(15)7-16-12)6-17-13(19-11)21-2/h6-7,10,20H,3-5H2,1-2H3,(H,16,18)/t10-,14-/m1/s1. The van der Waals surface area contributed by atoms with Crippen molar-refractivity contribution in [3.05, 3.63) is 17.4 Å². The summed E-state index contributed by atoms with van der Waals surface area (Å²) in [7, 11) is 0. The van der Waals surface area contributed by atoms with Gasteiger partial charge in [0.2, 0.25) is 0 Å². The Bertz CT molecular complexity index is 679. The number of hydrogen-bond donors (Lipinski definition) is 2. The van der Waals surface area contributed by atoms with Crippen molar-refractivity contribution in [3.8, 4) is 0 Å². The van der Waals surface area contributed by atoms with E-state index in [2.05, 4.69) is 20.3 Å². The van der Waals surface area contributed by atoms with Gasteiger partial charge in [-0.2, -0.15) is 0 Å². The van der Waals surface area contributed by atoms with Gasteiger partial charge in [0, 0.05) is 17.8 Å². The SMILES string of the molecule is CSc1ncc2c(Cl)cnc(N[C@@H]3CCC[C@@]3(C)O)c2n1. The summed E-state index contributed by atoms with van der Waals surface area (Å²) in [5, 5.41) is 15.7. The Balaban J connectivity index is 2.03. The summed E-state index contributed by atoms with van der Waals surface area (Å²) in [5.41, 5.74) is -0.0206. The fraction of sp³-hybridized carbons (Fsp3) is 0.500. The van der Waals surface area contributed by atoms with Gasteiger partial charge in [-0.3, -0.25) is 0 Å². The van der Waals surface area contributed by atoms with Crippen molar-refractivity contribution in [2.24, 2.45) is 0 Å². The molecule has 5 nitrogen and oxygen atoms in total. The first-order valence-corrected chi connectivity index (χ1v) is 8.45. The van der Waals surface area contributed by atoms with E-state index in [1.54, 1.807) is 12.4 Å². The van der Waals surface area contributed by atoms with E-state index in [-0.39, 0.29) is 6.04 Å². The molecule has 2 aromatic heterocycles. The molecule has 1 saturated carbocycles. The van der Waals surface area contributed by atoms with Gasteiger partial charge in [0.05, 0.1) is 16.7 Å². The third-order valence-corrected chi connectivity index (χ3v) is 4.84. The number of aliphatic hydroxyl groups is 1. The van der Waals surface area contributed by atoms with Gasteiger partial charge in [0.25, 0.3) is 0 Å². The molecule has 2 atom stereocenters. The number of rotatable bonds is 3. The van der Waals surface area contributed by atoms with Crippen LogP contribution in [0.4, 0.5) is 5.82 Å². The van der Waals surface area contributed by atoms with Gasteiger partial charge < -0.3 is 10.4 Å². The first-order chi connectivity index (χ1) is 10.0. The normalized spacial score (nSPS) is 25.4. The smallest absolute Gasteiger partial charge is 0.187 e.